The number of hydrogen-bond acceptors (Lipinski definition) is 6. The van der Waals surface area contributed by atoms with Gasteiger partial charge in [-0.25, -0.2) is 0 Å². The minimum atomic E-state index is 0.102. The molecule has 3 rings (SSSR count). The van der Waals surface area contributed by atoms with Crippen LogP contribution >= 0.6 is 46.5 Å². The Kier molecular flexibility index (Phi) is 7.40. The second-order valence-electron chi connectivity index (χ2n) is 6.36. The first-order chi connectivity index (χ1) is 12.5. The highest BCUT2D eigenvalue weighted by Crippen LogP contribution is 2.41. The molecular weight excluding hydrogens is 408 g/mol. The van der Waals surface area contributed by atoms with Crippen LogP contribution in [0.2, 0.25) is 4.34 Å². The third kappa shape index (κ3) is 5.45. The molecule has 0 saturated carbocycles. The normalized spacial score (nSPS) is 18.1. The van der Waals surface area contributed by atoms with Crippen molar-refractivity contribution in [3.05, 3.63) is 45.0 Å². The number of halogens is 1. The van der Waals surface area contributed by atoms with Crippen LogP contribution in [-0.4, -0.2) is 47.9 Å². The standard InChI is InChI=1S/C18H23ClN2O2S3/c1-20(2)11-13-3-4-14(23-13)12-24-10-8-21-17(22)7-9-25-18(21)15-5-6-16(19)26-15/h3-6,18H,7-12H2,1-2H3. The van der Waals surface area contributed by atoms with Crippen molar-refractivity contribution < 1.29 is 9.21 Å². The molecule has 1 amide bonds. The van der Waals surface area contributed by atoms with Gasteiger partial charge in [-0.15, -0.1) is 23.1 Å². The summed E-state index contributed by atoms with van der Waals surface area (Å²) in [6.45, 7) is 1.57. The zero-order chi connectivity index (χ0) is 18.5. The summed E-state index contributed by atoms with van der Waals surface area (Å²) in [5.74, 6) is 4.83. The van der Waals surface area contributed by atoms with E-state index in [1.807, 2.05) is 55.0 Å². The van der Waals surface area contributed by atoms with Crippen LogP contribution in [0.15, 0.2) is 28.7 Å². The Hall–Kier alpha value is -0.600. The Labute approximate surface area is 172 Å². The Bertz CT molecular complexity index is 732. The molecule has 2 aromatic rings. The van der Waals surface area contributed by atoms with Gasteiger partial charge in [0.25, 0.3) is 0 Å². The summed E-state index contributed by atoms with van der Waals surface area (Å²) in [5.41, 5.74) is 0. The molecule has 2 aromatic heterocycles. The number of furan rings is 1. The Balaban J connectivity index is 1.50. The summed E-state index contributed by atoms with van der Waals surface area (Å²) in [5, 5.41) is 0.102. The monoisotopic (exact) mass is 430 g/mol. The molecule has 4 nitrogen and oxygen atoms in total. The quantitative estimate of drug-likeness (QED) is 0.553. The number of thioether (sulfide) groups is 2. The second kappa shape index (κ2) is 9.55. The molecule has 142 valence electrons. The van der Waals surface area contributed by atoms with Crippen LogP contribution in [0, 0.1) is 0 Å². The summed E-state index contributed by atoms with van der Waals surface area (Å²) < 4.78 is 6.62. The molecule has 0 bridgehead atoms. The lowest BCUT2D eigenvalue weighted by Gasteiger charge is -2.34. The first kappa shape index (κ1) is 20.1. The van der Waals surface area contributed by atoms with Gasteiger partial charge in [-0.2, -0.15) is 11.8 Å². The predicted molar refractivity (Wildman–Crippen MR) is 113 cm³/mol. The van der Waals surface area contributed by atoms with Crippen LogP contribution in [0.3, 0.4) is 0 Å². The first-order valence-corrected chi connectivity index (χ1v) is 11.9. The SMILES string of the molecule is CN(C)Cc1ccc(CSCCN2C(=O)CCSC2c2ccc(Cl)s2)o1. The van der Waals surface area contributed by atoms with E-state index in [1.165, 1.54) is 0 Å². The first-order valence-electron chi connectivity index (χ1n) is 8.49. The average Bonchev–Trinajstić information content (AvgIpc) is 3.21. The van der Waals surface area contributed by atoms with Crippen molar-refractivity contribution in [3.8, 4) is 0 Å². The lowest BCUT2D eigenvalue weighted by molar-refractivity contribution is -0.131. The molecule has 26 heavy (non-hydrogen) atoms. The molecule has 0 spiro atoms. The van der Waals surface area contributed by atoms with Gasteiger partial charge in [-0.1, -0.05) is 11.6 Å². The second-order valence-corrected chi connectivity index (χ2v) is 10.4. The van der Waals surface area contributed by atoms with Crippen molar-refractivity contribution >= 4 is 52.4 Å². The van der Waals surface area contributed by atoms with Crippen LogP contribution in [-0.2, 0) is 17.1 Å². The molecule has 1 saturated heterocycles. The molecule has 0 N–H and O–H groups in total. The maximum Gasteiger partial charge on any atom is 0.224 e. The lowest BCUT2D eigenvalue weighted by atomic mass is 10.3. The van der Waals surface area contributed by atoms with E-state index in [-0.39, 0.29) is 11.3 Å². The van der Waals surface area contributed by atoms with Gasteiger partial charge < -0.3 is 14.2 Å². The molecule has 1 unspecified atom stereocenters. The minimum Gasteiger partial charge on any atom is -0.464 e. The van der Waals surface area contributed by atoms with Crippen LogP contribution < -0.4 is 0 Å². The van der Waals surface area contributed by atoms with Gasteiger partial charge in [0.1, 0.15) is 16.9 Å². The minimum absolute atomic E-state index is 0.102. The highest BCUT2D eigenvalue weighted by molar-refractivity contribution is 7.99. The highest BCUT2D eigenvalue weighted by atomic mass is 35.5. The van der Waals surface area contributed by atoms with Crippen molar-refractivity contribution in [3.63, 3.8) is 0 Å². The molecule has 1 atom stereocenters. The number of thiophene rings is 1. The van der Waals surface area contributed by atoms with E-state index in [2.05, 4.69) is 4.90 Å². The van der Waals surface area contributed by atoms with Gasteiger partial charge in [0.05, 0.1) is 16.6 Å². The fourth-order valence-corrected chi connectivity index (χ4v) is 6.19. The lowest BCUT2D eigenvalue weighted by Crippen LogP contribution is -2.38. The number of amides is 1. The topological polar surface area (TPSA) is 36.7 Å². The number of nitrogens with zero attached hydrogens (tertiary/aromatic N) is 2. The Morgan fingerprint density at radius 1 is 1.31 bits per heavy atom. The number of carbonyl (C=O) groups is 1. The van der Waals surface area contributed by atoms with Crippen molar-refractivity contribution in [2.45, 2.75) is 24.1 Å². The summed E-state index contributed by atoms with van der Waals surface area (Å²) in [7, 11) is 4.06. The van der Waals surface area contributed by atoms with E-state index in [0.29, 0.717) is 6.42 Å². The molecule has 0 aromatic carbocycles. The third-order valence-electron chi connectivity index (χ3n) is 3.94. The van der Waals surface area contributed by atoms with Crippen molar-refractivity contribution in [2.24, 2.45) is 0 Å². The van der Waals surface area contributed by atoms with E-state index < -0.39 is 0 Å². The molecule has 1 aliphatic heterocycles. The van der Waals surface area contributed by atoms with Gasteiger partial charge in [-0.05, 0) is 38.4 Å². The van der Waals surface area contributed by atoms with Gasteiger partial charge >= 0.3 is 0 Å². The van der Waals surface area contributed by atoms with Gasteiger partial charge in [0.15, 0.2) is 0 Å². The largest absolute Gasteiger partial charge is 0.464 e. The number of carbonyl (C=O) groups excluding carboxylic acids is 1. The third-order valence-corrected chi connectivity index (χ3v) is 7.60. The van der Waals surface area contributed by atoms with E-state index in [9.17, 15) is 4.79 Å². The van der Waals surface area contributed by atoms with Crippen LogP contribution in [0.25, 0.3) is 0 Å². The molecule has 0 radical (unpaired) electrons. The zero-order valence-electron chi connectivity index (χ0n) is 14.9. The maximum absolute atomic E-state index is 12.4. The fraction of sp³-hybridized carbons (Fsp3) is 0.500. The molecular formula is C18H23ClN2O2S3. The number of hydrogen-bond donors (Lipinski definition) is 0. The van der Waals surface area contributed by atoms with Crippen molar-refractivity contribution in [1.82, 2.24) is 9.80 Å². The Morgan fingerprint density at radius 2 is 2.12 bits per heavy atom. The van der Waals surface area contributed by atoms with Crippen LogP contribution in [0.4, 0.5) is 0 Å². The van der Waals surface area contributed by atoms with Crippen molar-refractivity contribution in [1.29, 1.82) is 0 Å². The molecule has 0 aliphatic carbocycles. The van der Waals surface area contributed by atoms with E-state index in [4.69, 9.17) is 16.0 Å². The van der Waals surface area contributed by atoms with Gasteiger partial charge in [-0.3, -0.25) is 4.79 Å². The van der Waals surface area contributed by atoms with Crippen LogP contribution in [0.1, 0.15) is 28.2 Å². The maximum atomic E-state index is 12.4. The zero-order valence-corrected chi connectivity index (χ0v) is 18.1. The molecule has 3 heterocycles. The van der Waals surface area contributed by atoms with E-state index in [1.54, 1.807) is 23.1 Å². The smallest absolute Gasteiger partial charge is 0.224 e. The summed E-state index contributed by atoms with van der Waals surface area (Å²) >= 11 is 11.3. The van der Waals surface area contributed by atoms with Crippen LogP contribution in [0.5, 0.6) is 0 Å². The van der Waals surface area contributed by atoms with Crippen molar-refractivity contribution in [2.75, 3.05) is 32.1 Å². The highest BCUT2D eigenvalue weighted by Gasteiger charge is 2.30. The summed E-state index contributed by atoms with van der Waals surface area (Å²) in [6.07, 6.45) is 0.622. The van der Waals surface area contributed by atoms with E-state index >= 15 is 0 Å². The summed E-state index contributed by atoms with van der Waals surface area (Å²) in [4.78, 5) is 17.7. The predicted octanol–water partition coefficient (Wildman–Crippen LogP) is 4.95. The van der Waals surface area contributed by atoms with Gasteiger partial charge in [0, 0.05) is 29.3 Å². The molecule has 8 heteroatoms. The fourth-order valence-electron chi connectivity index (χ4n) is 2.79. The molecule has 1 aliphatic rings. The van der Waals surface area contributed by atoms with E-state index in [0.717, 1.165) is 51.1 Å². The average molecular weight is 431 g/mol. The number of rotatable bonds is 8. The van der Waals surface area contributed by atoms with Gasteiger partial charge in [0.2, 0.25) is 5.91 Å². The summed E-state index contributed by atoms with van der Waals surface area (Å²) in [6, 6.07) is 8.04. The molecule has 1 fully saturated rings. The Morgan fingerprint density at radius 3 is 2.85 bits per heavy atom.